The molecule has 0 aromatic heterocycles. The molecule has 0 aliphatic carbocycles. The number of nitriles is 1. The number of hydrogen-bond acceptors (Lipinski definition) is 5. The molecule has 2 aromatic carbocycles. The highest BCUT2D eigenvalue weighted by molar-refractivity contribution is 5.83. The number of fused-ring (bicyclic) bond motifs is 4. The van der Waals surface area contributed by atoms with Gasteiger partial charge in [0.05, 0.1) is 18.3 Å². The molecule has 25 heavy (non-hydrogen) atoms. The Morgan fingerprint density at radius 1 is 1.08 bits per heavy atom. The van der Waals surface area contributed by atoms with Crippen LogP contribution in [0, 0.1) is 23.2 Å². The highest BCUT2D eigenvalue weighted by Crippen LogP contribution is 2.54. The van der Waals surface area contributed by atoms with E-state index in [9.17, 15) is 10.1 Å². The lowest BCUT2D eigenvalue weighted by atomic mass is 9.77. The largest absolute Gasteiger partial charge is 0.465 e. The Kier molecular flexibility index (Phi) is 2.89. The topological polar surface area (TPSA) is 62.6 Å². The minimum atomic E-state index is -0.573. The second kappa shape index (κ2) is 5.12. The number of benzene rings is 2. The minimum absolute atomic E-state index is 0.117. The summed E-state index contributed by atoms with van der Waals surface area (Å²) in [5.74, 6) is 0.130. The maximum Gasteiger partial charge on any atom is 0.314 e. The average Bonchev–Trinajstić information content (AvgIpc) is 3.22. The molecule has 1 fully saturated rings. The van der Waals surface area contributed by atoms with Crippen LogP contribution in [0.5, 0.6) is 5.75 Å². The molecule has 0 bridgehead atoms. The smallest absolute Gasteiger partial charge is 0.314 e. The molecule has 5 rings (SSSR count). The molecule has 0 amide bonds. The lowest BCUT2D eigenvalue weighted by Crippen LogP contribution is -2.42. The Bertz CT molecular complexity index is 945. The number of ether oxygens (including phenoxy) is 2. The molecule has 122 valence electrons. The van der Waals surface area contributed by atoms with Crippen molar-refractivity contribution in [1.29, 1.82) is 5.26 Å². The van der Waals surface area contributed by atoms with Crippen LogP contribution in [0.25, 0.3) is 0 Å². The summed E-state index contributed by atoms with van der Waals surface area (Å²) in [6.45, 7) is 0.306. The van der Waals surface area contributed by atoms with Crippen LogP contribution in [-0.4, -0.2) is 12.6 Å². The van der Waals surface area contributed by atoms with E-state index in [2.05, 4.69) is 6.07 Å². The van der Waals surface area contributed by atoms with Crippen LogP contribution in [0.4, 0.5) is 5.69 Å². The van der Waals surface area contributed by atoms with Gasteiger partial charge in [0.25, 0.3) is 0 Å². The fraction of sp³-hybridized carbons (Fsp3) is 0.200. The van der Waals surface area contributed by atoms with Crippen LogP contribution in [0.3, 0.4) is 0 Å². The van der Waals surface area contributed by atoms with Crippen LogP contribution >= 0.6 is 0 Å². The van der Waals surface area contributed by atoms with E-state index >= 15 is 0 Å². The Balaban J connectivity index is 1.77. The molecule has 3 aliphatic heterocycles. The predicted octanol–water partition coefficient (Wildman–Crippen LogP) is 3.16. The predicted molar refractivity (Wildman–Crippen MR) is 89.3 cm³/mol. The van der Waals surface area contributed by atoms with Crippen molar-refractivity contribution < 1.29 is 14.3 Å². The molecule has 3 aliphatic rings. The molecule has 0 N–H and O–H groups in total. The van der Waals surface area contributed by atoms with Gasteiger partial charge in [-0.15, -0.1) is 0 Å². The Morgan fingerprint density at radius 2 is 1.84 bits per heavy atom. The van der Waals surface area contributed by atoms with Gasteiger partial charge in [-0.1, -0.05) is 42.5 Å². The molecule has 3 atom stereocenters. The zero-order chi connectivity index (χ0) is 17.0. The zero-order valence-electron chi connectivity index (χ0n) is 13.3. The zero-order valence-corrected chi connectivity index (χ0v) is 13.3. The van der Waals surface area contributed by atoms with E-state index in [1.807, 2.05) is 59.5 Å². The molecule has 2 aromatic rings. The van der Waals surface area contributed by atoms with E-state index in [0.717, 1.165) is 11.3 Å². The SMILES string of the molecule is N#CC1=C2Oc3ccccc3N2[C@H](c2ccccc2)[C@@H]2COC(=O)[C@H]12. The number of cyclic esters (lactones) is 1. The summed E-state index contributed by atoms with van der Waals surface area (Å²) in [7, 11) is 0. The summed E-state index contributed by atoms with van der Waals surface area (Å²) in [5.41, 5.74) is 2.35. The third-order valence-electron chi connectivity index (χ3n) is 5.14. The number of hydrogen-bond donors (Lipinski definition) is 0. The number of rotatable bonds is 1. The van der Waals surface area contributed by atoms with Gasteiger partial charge in [0.1, 0.15) is 17.6 Å². The van der Waals surface area contributed by atoms with E-state index < -0.39 is 5.92 Å². The third kappa shape index (κ3) is 1.85. The molecule has 0 radical (unpaired) electrons. The van der Waals surface area contributed by atoms with E-state index in [0.29, 0.717) is 23.8 Å². The number of carbonyl (C=O) groups excluding carboxylic acids is 1. The highest BCUT2D eigenvalue weighted by atomic mass is 16.5. The molecule has 0 spiro atoms. The van der Waals surface area contributed by atoms with Gasteiger partial charge in [-0.25, -0.2) is 0 Å². The first-order valence-electron chi connectivity index (χ1n) is 8.21. The summed E-state index contributed by atoms with van der Waals surface area (Å²) in [6.07, 6.45) is 0. The monoisotopic (exact) mass is 330 g/mol. The normalized spacial score (nSPS) is 26.3. The van der Waals surface area contributed by atoms with Gasteiger partial charge in [-0.3, -0.25) is 4.79 Å². The van der Waals surface area contributed by atoms with Crippen LogP contribution in [0.2, 0.25) is 0 Å². The van der Waals surface area contributed by atoms with Gasteiger partial charge < -0.3 is 14.4 Å². The summed E-state index contributed by atoms with van der Waals surface area (Å²) in [6, 6.07) is 19.8. The van der Waals surface area contributed by atoms with Gasteiger partial charge in [0.2, 0.25) is 5.88 Å². The van der Waals surface area contributed by atoms with Crippen LogP contribution < -0.4 is 9.64 Å². The van der Waals surface area contributed by atoms with Gasteiger partial charge in [-0.2, -0.15) is 5.26 Å². The first-order chi connectivity index (χ1) is 12.3. The third-order valence-corrected chi connectivity index (χ3v) is 5.14. The quantitative estimate of drug-likeness (QED) is 0.752. The van der Waals surface area contributed by atoms with Gasteiger partial charge in [0.15, 0.2) is 5.75 Å². The number of para-hydroxylation sites is 2. The molecule has 5 heteroatoms. The van der Waals surface area contributed by atoms with Crippen LogP contribution in [-0.2, 0) is 9.53 Å². The molecule has 3 heterocycles. The van der Waals surface area contributed by atoms with E-state index in [4.69, 9.17) is 9.47 Å². The standard InChI is InChI=1S/C20H14N2O3/c21-10-13-17-14(11-24-20(17)23)18(12-6-2-1-3-7-12)22-15-8-4-5-9-16(15)25-19(13)22/h1-9,14,17-18H,11H2/t14-,17-,18-/m1/s1. The van der Waals surface area contributed by atoms with Crippen molar-refractivity contribution in [2.45, 2.75) is 6.04 Å². The molecular formula is C20H14N2O3. The van der Waals surface area contributed by atoms with Crippen LogP contribution in [0.15, 0.2) is 66.1 Å². The fourth-order valence-electron chi connectivity index (χ4n) is 4.10. The summed E-state index contributed by atoms with van der Waals surface area (Å²) < 4.78 is 11.3. The Morgan fingerprint density at radius 3 is 2.64 bits per heavy atom. The second-order valence-electron chi connectivity index (χ2n) is 6.40. The van der Waals surface area contributed by atoms with E-state index in [1.165, 1.54) is 0 Å². The van der Waals surface area contributed by atoms with Crippen LogP contribution in [0.1, 0.15) is 11.6 Å². The van der Waals surface area contributed by atoms with Gasteiger partial charge in [-0.05, 0) is 17.7 Å². The molecule has 1 saturated heterocycles. The van der Waals surface area contributed by atoms with Crippen molar-refractivity contribution in [2.24, 2.45) is 11.8 Å². The van der Waals surface area contributed by atoms with Gasteiger partial charge >= 0.3 is 5.97 Å². The van der Waals surface area contributed by atoms with Crippen molar-refractivity contribution in [3.8, 4) is 11.8 Å². The Hall–Kier alpha value is -3.26. The van der Waals surface area contributed by atoms with Crippen molar-refractivity contribution in [3.63, 3.8) is 0 Å². The molecule has 0 saturated carbocycles. The molecular weight excluding hydrogens is 316 g/mol. The first-order valence-corrected chi connectivity index (χ1v) is 8.21. The average molecular weight is 330 g/mol. The maximum absolute atomic E-state index is 12.3. The van der Waals surface area contributed by atoms with Gasteiger partial charge in [0, 0.05) is 5.92 Å². The first kappa shape index (κ1) is 14.1. The van der Waals surface area contributed by atoms with Crippen molar-refractivity contribution in [1.82, 2.24) is 0 Å². The molecule has 0 unspecified atom stereocenters. The summed E-state index contributed by atoms with van der Waals surface area (Å²) in [5, 5.41) is 9.72. The maximum atomic E-state index is 12.3. The lowest BCUT2D eigenvalue weighted by Gasteiger charge is -2.39. The highest BCUT2D eigenvalue weighted by Gasteiger charge is 2.54. The van der Waals surface area contributed by atoms with Crippen molar-refractivity contribution in [3.05, 3.63) is 71.6 Å². The van der Waals surface area contributed by atoms with Crippen molar-refractivity contribution >= 4 is 11.7 Å². The fourth-order valence-corrected chi connectivity index (χ4v) is 4.10. The molecule has 5 nitrogen and oxygen atoms in total. The number of carbonyl (C=O) groups is 1. The van der Waals surface area contributed by atoms with E-state index in [1.54, 1.807) is 0 Å². The second-order valence-corrected chi connectivity index (χ2v) is 6.40. The lowest BCUT2D eigenvalue weighted by molar-refractivity contribution is -0.140. The number of anilines is 1. The summed E-state index contributed by atoms with van der Waals surface area (Å²) >= 11 is 0. The van der Waals surface area contributed by atoms with E-state index in [-0.39, 0.29) is 17.9 Å². The van der Waals surface area contributed by atoms with Crippen molar-refractivity contribution in [2.75, 3.05) is 11.5 Å². The Labute approximate surface area is 144 Å². The minimum Gasteiger partial charge on any atom is -0.465 e. The number of esters is 1. The number of nitrogens with zero attached hydrogens (tertiary/aromatic N) is 2. The summed E-state index contributed by atoms with van der Waals surface area (Å²) in [4.78, 5) is 14.4.